The van der Waals surface area contributed by atoms with Crippen molar-refractivity contribution in [2.75, 3.05) is 5.75 Å². The minimum atomic E-state index is 0.989. The van der Waals surface area contributed by atoms with Crippen LogP contribution >= 0.6 is 11.8 Å². The third kappa shape index (κ3) is 2.19. The van der Waals surface area contributed by atoms with Crippen LogP contribution < -0.4 is 0 Å². The molecule has 0 radical (unpaired) electrons. The van der Waals surface area contributed by atoms with Crippen molar-refractivity contribution in [3.8, 4) is 0 Å². The van der Waals surface area contributed by atoms with Crippen molar-refractivity contribution in [3.05, 3.63) is 17.6 Å². The summed E-state index contributed by atoms with van der Waals surface area (Å²) in [6.45, 7) is 6.07. The van der Waals surface area contributed by atoms with Crippen molar-refractivity contribution in [1.82, 2.24) is 9.97 Å². The highest BCUT2D eigenvalue weighted by Gasteiger charge is 1.99. The second kappa shape index (κ2) is 3.72. The molecule has 60 valence electrons. The molecule has 0 spiro atoms. The molecule has 0 aromatic carbocycles. The zero-order valence-corrected chi connectivity index (χ0v) is 7.90. The van der Waals surface area contributed by atoms with Crippen molar-refractivity contribution in [2.45, 2.75) is 25.8 Å². The number of nitrogens with zero attached hydrogens (tertiary/aromatic N) is 2. The SMILES string of the molecule is CCSc1ncc(C)nc1C. The molecule has 3 heteroatoms. The van der Waals surface area contributed by atoms with Gasteiger partial charge < -0.3 is 0 Å². The van der Waals surface area contributed by atoms with Crippen LogP contribution in [0.2, 0.25) is 0 Å². The number of thioether (sulfide) groups is 1. The van der Waals surface area contributed by atoms with Gasteiger partial charge in [-0.25, -0.2) is 4.98 Å². The van der Waals surface area contributed by atoms with Crippen LogP contribution in [0.1, 0.15) is 18.3 Å². The molecule has 1 heterocycles. The van der Waals surface area contributed by atoms with Crippen LogP contribution in [0.3, 0.4) is 0 Å². The van der Waals surface area contributed by atoms with Crippen LogP contribution in [-0.2, 0) is 0 Å². The molecule has 0 fully saturated rings. The van der Waals surface area contributed by atoms with Gasteiger partial charge in [-0.15, -0.1) is 11.8 Å². The minimum absolute atomic E-state index is 0.989. The van der Waals surface area contributed by atoms with Gasteiger partial charge in [-0.05, 0) is 19.6 Å². The number of aromatic nitrogens is 2. The summed E-state index contributed by atoms with van der Waals surface area (Å²) in [5.41, 5.74) is 2.03. The normalized spacial score (nSPS) is 10.1. The summed E-state index contributed by atoms with van der Waals surface area (Å²) in [6.07, 6.45) is 1.81. The quantitative estimate of drug-likeness (QED) is 0.633. The van der Waals surface area contributed by atoms with Gasteiger partial charge in [0.2, 0.25) is 0 Å². The Morgan fingerprint density at radius 3 is 2.73 bits per heavy atom. The molecule has 1 aromatic heterocycles. The molecular weight excluding hydrogens is 156 g/mol. The number of hydrogen-bond donors (Lipinski definition) is 0. The zero-order chi connectivity index (χ0) is 8.27. The Balaban J connectivity index is 2.90. The third-order valence-electron chi connectivity index (χ3n) is 1.30. The Hall–Kier alpha value is -0.570. The van der Waals surface area contributed by atoms with Crippen LogP contribution in [-0.4, -0.2) is 15.7 Å². The molecule has 0 atom stereocenters. The predicted octanol–water partition coefficient (Wildman–Crippen LogP) is 2.21. The second-order valence-corrected chi connectivity index (χ2v) is 3.59. The van der Waals surface area contributed by atoms with Gasteiger partial charge in [-0.3, -0.25) is 4.98 Å². The molecule has 2 nitrogen and oxygen atoms in total. The molecule has 0 saturated carbocycles. The highest BCUT2D eigenvalue weighted by atomic mass is 32.2. The monoisotopic (exact) mass is 168 g/mol. The lowest BCUT2D eigenvalue weighted by Gasteiger charge is -2.01. The summed E-state index contributed by atoms with van der Waals surface area (Å²) in [7, 11) is 0. The summed E-state index contributed by atoms with van der Waals surface area (Å²) < 4.78 is 0. The molecule has 11 heavy (non-hydrogen) atoms. The fourth-order valence-electron chi connectivity index (χ4n) is 0.865. The summed E-state index contributed by atoms with van der Waals surface area (Å²) in [4.78, 5) is 8.58. The van der Waals surface area contributed by atoms with Crippen molar-refractivity contribution < 1.29 is 0 Å². The average Bonchev–Trinajstić information content (AvgIpc) is 1.95. The lowest BCUT2D eigenvalue weighted by atomic mass is 10.4. The van der Waals surface area contributed by atoms with Crippen LogP contribution in [0.4, 0.5) is 0 Å². The van der Waals surface area contributed by atoms with Crippen LogP contribution in [0.25, 0.3) is 0 Å². The summed E-state index contributed by atoms with van der Waals surface area (Å²) in [5.74, 6) is 1.05. The van der Waals surface area contributed by atoms with Gasteiger partial charge in [0.1, 0.15) is 5.03 Å². The van der Waals surface area contributed by atoms with E-state index >= 15 is 0 Å². The van der Waals surface area contributed by atoms with E-state index in [4.69, 9.17) is 0 Å². The van der Waals surface area contributed by atoms with Crippen LogP contribution in [0, 0.1) is 13.8 Å². The summed E-state index contributed by atoms with van der Waals surface area (Å²) >= 11 is 1.74. The van der Waals surface area contributed by atoms with Gasteiger partial charge in [0, 0.05) is 6.20 Å². The lowest BCUT2D eigenvalue weighted by Crippen LogP contribution is -1.92. The molecule has 0 amide bonds. The molecular formula is C8H12N2S. The Morgan fingerprint density at radius 1 is 1.45 bits per heavy atom. The molecule has 0 aliphatic carbocycles. The Bertz CT molecular complexity index is 248. The Labute approximate surface area is 71.5 Å². The van der Waals surface area contributed by atoms with E-state index in [0.717, 1.165) is 22.2 Å². The Morgan fingerprint density at radius 2 is 2.18 bits per heavy atom. The average molecular weight is 168 g/mol. The van der Waals surface area contributed by atoms with Crippen LogP contribution in [0.15, 0.2) is 11.2 Å². The first-order valence-electron chi connectivity index (χ1n) is 3.67. The van der Waals surface area contributed by atoms with Gasteiger partial charge in [0.15, 0.2) is 0 Å². The van der Waals surface area contributed by atoms with Gasteiger partial charge in [0.05, 0.1) is 11.4 Å². The first-order chi connectivity index (χ1) is 5.24. The van der Waals surface area contributed by atoms with E-state index in [0.29, 0.717) is 0 Å². The standard InChI is InChI=1S/C8H12N2S/c1-4-11-8-7(3)10-6(2)5-9-8/h5H,4H2,1-3H3. The molecule has 0 aliphatic heterocycles. The number of hydrogen-bond acceptors (Lipinski definition) is 3. The van der Waals surface area contributed by atoms with Crippen LogP contribution in [0.5, 0.6) is 0 Å². The van der Waals surface area contributed by atoms with Crippen molar-refractivity contribution >= 4 is 11.8 Å². The molecule has 0 saturated heterocycles. The summed E-state index contributed by atoms with van der Waals surface area (Å²) in [5, 5.41) is 1.05. The zero-order valence-electron chi connectivity index (χ0n) is 7.09. The molecule has 1 aromatic rings. The van der Waals surface area contributed by atoms with E-state index in [1.54, 1.807) is 11.8 Å². The van der Waals surface area contributed by atoms with E-state index in [1.165, 1.54) is 0 Å². The van der Waals surface area contributed by atoms with E-state index in [2.05, 4.69) is 16.9 Å². The molecule has 0 bridgehead atoms. The predicted molar refractivity (Wildman–Crippen MR) is 47.9 cm³/mol. The maximum Gasteiger partial charge on any atom is 0.117 e. The fourth-order valence-corrected chi connectivity index (χ4v) is 1.52. The second-order valence-electron chi connectivity index (χ2n) is 2.33. The lowest BCUT2D eigenvalue weighted by molar-refractivity contribution is 0.951. The fraction of sp³-hybridized carbons (Fsp3) is 0.500. The summed E-state index contributed by atoms with van der Waals surface area (Å²) in [6, 6.07) is 0. The maximum atomic E-state index is 4.31. The molecule has 0 N–H and O–H groups in total. The van der Waals surface area contributed by atoms with Gasteiger partial charge in [0.25, 0.3) is 0 Å². The highest BCUT2D eigenvalue weighted by Crippen LogP contribution is 2.16. The minimum Gasteiger partial charge on any atom is -0.254 e. The smallest absolute Gasteiger partial charge is 0.117 e. The number of aryl methyl sites for hydroxylation is 2. The van der Waals surface area contributed by atoms with E-state index in [1.807, 2.05) is 20.0 Å². The van der Waals surface area contributed by atoms with Crippen molar-refractivity contribution in [2.24, 2.45) is 0 Å². The van der Waals surface area contributed by atoms with E-state index in [-0.39, 0.29) is 0 Å². The first kappa shape index (κ1) is 8.53. The number of rotatable bonds is 2. The molecule has 0 aliphatic rings. The molecule has 1 rings (SSSR count). The van der Waals surface area contributed by atoms with E-state index in [9.17, 15) is 0 Å². The van der Waals surface area contributed by atoms with E-state index < -0.39 is 0 Å². The molecule has 0 unspecified atom stereocenters. The van der Waals surface area contributed by atoms with Gasteiger partial charge in [-0.1, -0.05) is 6.92 Å². The van der Waals surface area contributed by atoms with Crippen molar-refractivity contribution in [1.29, 1.82) is 0 Å². The van der Waals surface area contributed by atoms with Gasteiger partial charge in [-0.2, -0.15) is 0 Å². The topological polar surface area (TPSA) is 25.8 Å². The van der Waals surface area contributed by atoms with Gasteiger partial charge >= 0.3 is 0 Å². The third-order valence-corrected chi connectivity index (χ3v) is 2.27. The largest absolute Gasteiger partial charge is 0.254 e. The highest BCUT2D eigenvalue weighted by molar-refractivity contribution is 7.99. The first-order valence-corrected chi connectivity index (χ1v) is 4.65. The Kier molecular flexibility index (Phi) is 2.88. The van der Waals surface area contributed by atoms with Crippen molar-refractivity contribution in [3.63, 3.8) is 0 Å². The maximum absolute atomic E-state index is 4.31.